The summed E-state index contributed by atoms with van der Waals surface area (Å²) in [5.41, 5.74) is 0.0659. The Hall–Kier alpha value is -0.120. The fourth-order valence-corrected chi connectivity index (χ4v) is 1.67. The molecule has 1 N–H and O–H groups in total. The van der Waals surface area contributed by atoms with Crippen LogP contribution in [0.25, 0.3) is 0 Å². The molecular formula is C9H19NO2. The van der Waals surface area contributed by atoms with Crippen molar-refractivity contribution in [1.82, 2.24) is 4.90 Å². The summed E-state index contributed by atoms with van der Waals surface area (Å²) < 4.78 is 5.50. The molecule has 0 radical (unpaired) electrons. The first-order chi connectivity index (χ1) is 5.43. The predicted molar refractivity (Wildman–Crippen MR) is 47.9 cm³/mol. The van der Waals surface area contributed by atoms with Gasteiger partial charge in [-0.05, 0) is 27.7 Å². The van der Waals surface area contributed by atoms with Crippen molar-refractivity contribution in [3.05, 3.63) is 0 Å². The first-order valence-electron chi connectivity index (χ1n) is 4.50. The lowest BCUT2D eigenvalue weighted by molar-refractivity contribution is 0.0128. The quantitative estimate of drug-likeness (QED) is 0.671. The molecule has 2 unspecified atom stereocenters. The van der Waals surface area contributed by atoms with Gasteiger partial charge in [-0.3, -0.25) is 4.90 Å². The highest BCUT2D eigenvalue weighted by molar-refractivity contribution is 4.88. The summed E-state index contributed by atoms with van der Waals surface area (Å²) >= 11 is 0. The van der Waals surface area contributed by atoms with E-state index in [1.807, 2.05) is 6.92 Å². The molecule has 1 fully saturated rings. The Morgan fingerprint density at radius 1 is 1.67 bits per heavy atom. The standard InChI is InChI=1S/C9H19NO2/c1-7(11)5-10-8(2)12-6-9(10,3)4/h7-8,11H,5-6H2,1-4H3. The summed E-state index contributed by atoms with van der Waals surface area (Å²) in [5, 5.41) is 9.27. The van der Waals surface area contributed by atoms with Crippen molar-refractivity contribution in [3.8, 4) is 0 Å². The second kappa shape index (κ2) is 3.32. The smallest absolute Gasteiger partial charge is 0.108 e. The maximum Gasteiger partial charge on any atom is 0.108 e. The maximum absolute atomic E-state index is 9.27. The fraction of sp³-hybridized carbons (Fsp3) is 1.00. The number of hydrogen-bond donors (Lipinski definition) is 1. The number of aliphatic hydroxyl groups is 1. The van der Waals surface area contributed by atoms with Crippen LogP contribution in [0.1, 0.15) is 27.7 Å². The molecule has 0 bridgehead atoms. The molecule has 0 aromatic carbocycles. The van der Waals surface area contributed by atoms with Gasteiger partial charge in [0.15, 0.2) is 0 Å². The molecule has 2 atom stereocenters. The lowest BCUT2D eigenvalue weighted by Crippen LogP contribution is -2.46. The Kier molecular flexibility index (Phi) is 2.76. The van der Waals surface area contributed by atoms with Gasteiger partial charge in [0.05, 0.1) is 12.7 Å². The average molecular weight is 173 g/mol. The van der Waals surface area contributed by atoms with Gasteiger partial charge in [0.25, 0.3) is 0 Å². The fourth-order valence-electron chi connectivity index (χ4n) is 1.67. The highest BCUT2D eigenvalue weighted by Gasteiger charge is 2.38. The SMILES string of the molecule is CC(O)CN1C(C)OCC1(C)C. The van der Waals surface area contributed by atoms with Crippen LogP contribution in [0.3, 0.4) is 0 Å². The minimum absolute atomic E-state index is 0.0659. The lowest BCUT2D eigenvalue weighted by atomic mass is 10.1. The zero-order valence-electron chi connectivity index (χ0n) is 8.37. The van der Waals surface area contributed by atoms with Crippen LogP contribution in [0.15, 0.2) is 0 Å². The van der Waals surface area contributed by atoms with Crippen molar-refractivity contribution in [2.24, 2.45) is 0 Å². The van der Waals surface area contributed by atoms with E-state index in [4.69, 9.17) is 4.74 Å². The number of ether oxygens (including phenoxy) is 1. The van der Waals surface area contributed by atoms with Gasteiger partial charge in [-0.2, -0.15) is 0 Å². The van der Waals surface area contributed by atoms with E-state index >= 15 is 0 Å². The Balaban J connectivity index is 2.59. The van der Waals surface area contributed by atoms with E-state index in [1.165, 1.54) is 0 Å². The first-order valence-corrected chi connectivity index (χ1v) is 4.50. The van der Waals surface area contributed by atoms with Crippen LogP contribution in [0, 0.1) is 0 Å². The molecule has 12 heavy (non-hydrogen) atoms. The van der Waals surface area contributed by atoms with Crippen LogP contribution < -0.4 is 0 Å². The third-order valence-electron chi connectivity index (χ3n) is 2.36. The van der Waals surface area contributed by atoms with E-state index < -0.39 is 0 Å². The molecule has 1 aliphatic heterocycles. The van der Waals surface area contributed by atoms with E-state index in [0.717, 1.165) is 6.61 Å². The number of hydrogen-bond acceptors (Lipinski definition) is 3. The number of rotatable bonds is 2. The van der Waals surface area contributed by atoms with Crippen molar-refractivity contribution in [2.75, 3.05) is 13.2 Å². The molecule has 0 aromatic rings. The largest absolute Gasteiger partial charge is 0.392 e. The summed E-state index contributed by atoms with van der Waals surface area (Å²) in [7, 11) is 0. The summed E-state index contributed by atoms with van der Waals surface area (Å²) in [5.74, 6) is 0. The Morgan fingerprint density at radius 3 is 2.58 bits per heavy atom. The summed E-state index contributed by atoms with van der Waals surface area (Å²) in [6.07, 6.45) is -0.150. The minimum Gasteiger partial charge on any atom is -0.392 e. The van der Waals surface area contributed by atoms with E-state index in [1.54, 1.807) is 6.92 Å². The van der Waals surface area contributed by atoms with Gasteiger partial charge in [-0.15, -0.1) is 0 Å². The van der Waals surface area contributed by atoms with Crippen LogP contribution in [0.5, 0.6) is 0 Å². The molecule has 1 saturated heterocycles. The minimum atomic E-state index is -0.284. The lowest BCUT2D eigenvalue weighted by Gasteiger charge is -2.32. The molecule has 1 rings (SSSR count). The van der Waals surface area contributed by atoms with Gasteiger partial charge >= 0.3 is 0 Å². The van der Waals surface area contributed by atoms with Crippen LogP contribution in [-0.2, 0) is 4.74 Å². The topological polar surface area (TPSA) is 32.7 Å². The average Bonchev–Trinajstić information content (AvgIpc) is 2.15. The van der Waals surface area contributed by atoms with Gasteiger partial charge in [-0.25, -0.2) is 0 Å². The summed E-state index contributed by atoms with van der Waals surface area (Å²) in [6, 6.07) is 0. The van der Waals surface area contributed by atoms with E-state index in [-0.39, 0.29) is 17.9 Å². The molecule has 0 saturated carbocycles. The second-order valence-corrected chi connectivity index (χ2v) is 4.22. The molecule has 72 valence electrons. The first kappa shape index (κ1) is 9.96. The molecule has 0 aliphatic carbocycles. The van der Waals surface area contributed by atoms with E-state index in [9.17, 15) is 5.11 Å². The summed E-state index contributed by atoms with van der Waals surface area (Å²) in [6.45, 7) is 9.55. The van der Waals surface area contributed by atoms with Gasteiger partial charge in [-0.1, -0.05) is 0 Å². The maximum atomic E-state index is 9.27. The zero-order valence-corrected chi connectivity index (χ0v) is 8.37. The Morgan fingerprint density at radius 2 is 2.25 bits per heavy atom. The Labute approximate surface area is 74.3 Å². The van der Waals surface area contributed by atoms with Crippen LogP contribution in [0.2, 0.25) is 0 Å². The monoisotopic (exact) mass is 173 g/mol. The van der Waals surface area contributed by atoms with E-state index in [2.05, 4.69) is 18.7 Å². The van der Waals surface area contributed by atoms with Crippen LogP contribution in [0.4, 0.5) is 0 Å². The molecule has 3 heteroatoms. The van der Waals surface area contributed by atoms with E-state index in [0.29, 0.717) is 6.54 Å². The zero-order chi connectivity index (χ0) is 9.35. The van der Waals surface area contributed by atoms with Gasteiger partial charge < -0.3 is 9.84 Å². The highest BCUT2D eigenvalue weighted by atomic mass is 16.5. The third kappa shape index (κ3) is 1.97. The van der Waals surface area contributed by atoms with Gasteiger partial charge in [0, 0.05) is 12.1 Å². The van der Waals surface area contributed by atoms with Crippen molar-refractivity contribution in [1.29, 1.82) is 0 Å². The molecule has 0 amide bonds. The summed E-state index contributed by atoms with van der Waals surface area (Å²) in [4.78, 5) is 2.19. The number of aliphatic hydroxyl groups excluding tert-OH is 1. The predicted octanol–water partition coefficient (Wildman–Crippen LogP) is 0.824. The Bertz CT molecular complexity index is 157. The van der Waals surface area contributed by atoms with Crippen molar-refractivity contribution in [3.63, 3.8) is 0 Å². The number of β-amino-alcohol motifs (C(OH)–C–C–N with tert-alkyl or cyclic N) is 1. The van der Waals surface area contributed by atoms with Crippen LogP contribution >= 0.6 is 0 Å². The second-order valence-electron chi connectivity index (χ2n) is 4.22. The molecule has 1 aliphatic rings. The van der Waals surface area contributed by atoms with Crippen LogP contribution in [-0.4, -0.2) is 41.0 Å². The molecular weight excluding hydrogens is 154 g/mol. The van der Waals surface area contributed by atoms with Gasteiger partial charge in [0.1, 0.15) is 6.23 Å². The highest BCUT2D eigenvalue weighted by Crippen LogP contribution is 2.26. The molecule has 0 aromatic heterocycles. The van der Waals surface area contributed by atoms with Crippen molar-refractivity contribution >= 4 is 0 Å². The van der Waals surface area contributed by atoms with Gasteiger partial charge in [0.2, 0.25) is 0 Å². The molecule has 1 heterocycles. The molecule has 3 nitrogen and oxygen atoms in total. The third-order valence-corrected chi connectivity index (χ3v) is 2.36. The van der Waals surface area contributed by atoms with Crippen molar-refractivity contribution < 1.29 is 9.84 Å². The normalized spacial score (nSPS) is 32.2. The van der Waals surface area contributed by atoms with Crippen molar-refractivity contribution in [2.45, 2.75) is 45.6 Å². The number of nitrogens with zero attached hydrogens (tertiary/aromatic N) is 1. The molecule has 0 spiro atoms.